The van der Waals surface area contributed by atoms with Crippen LogP contribution >= 0.6 is 0 Å². The van der Waals surface area contributed by atoms with Crippen LogP contribution < -0.4 is 0 Å². The Morgan fingerprint density at radius 1 is 1.07 bits per heavy atom. The molecule has 2 aromatic heterocycles. The molecule has 5 rings (SSSR count). The molecule has 0 N–H and O–H groups in total. The number of rotatable bonds is 4. The maximum Gasteiger partial charge on any atom is 0.266 e. The van der Waals surface area contributed by atoms with Crippen molar-refractivity contribution in [1.29, 1.82) is 0 Å². The maximum atomic E-state index is 13.6. The monoisotopic (exact) mass is 424 g/mol. The van der Waals surface area contributed by atoms with Gasteiger partial charge in [0.15, 0.2) is 0 Å². The molecule has 2 aromatic carbocycles. The molecule has 9 heteroatoms. The van der Waals surface area contributed by atoms with Crippen LogP contribution in [0.15, 0.2) is 70.1 Å². The summed E-state index contributed by atoms with van der Waals surface area (Å²) >= 11 is 0. The molecule has 0 saturated carbocycles. The molecule has 30 heavy (non-hydrogen) atoms. The van der Waals surface area contributed by atoms with Gasteiger partial charge in [-0.2, -0.15) is 4.31 Å². The molecule has 0 bridgehead atoms. The van der Waals surface area contributed by atoms with E-state index in [0.717, 1.165) is 16.8 Å². The summed E-state index contributed by atoms with van der Waals surface area (Å²) in [6.07, 6.45) is 2.85. The first-order valence-corrected chi connectivity index (χ1v) is 10.9. The lowest BCUT2D eigenvalue weighted by atomic mass is 10.1. The number of hydrogen-bond donors (Lipinski definition) is 0. The largest absolute Gasteiger partial charge is 0.417 e. The molecule has 1 fully saturated rings. The van der Waals surface area contributed by atoms with Crippen LogP contribution in [0.4, 0.5) is 4.39 Å². The van der Waals surface area contributed by atoms with Crippen molar-refractivity contribution >= 4 is 20.8 Å². The van der Waals surface area contributed by atoms with Gasteiger partial charge in [-0.25, -0.2) is 12.8 Å². The molecule has 0 spiro atoms. The molecule has 1 aliphatic rings. The number of aromatic nitrogens is 3. The van der Waals surface area contributed by atoms with Gasteiger partial charge in [-0.3, -0.25) is 4.98 Å². The third-order valence-electron chi connectivity index (χ3n) is 5.21. The molecule has 1 saturated heterocycles. The van der Waals surface area contributed by atoms with E-state index in [1.165, 1.54) is 22.5 Å². The smallest absolute Gasteiger partial charge is 0.266 e. The highest BCUT2D eigenvalue weighted by Crippen LogP contribution is 2.37. The molecule has 0 radical (unpaired) electrons. The van der Waals surface area contributed by atoms with Crippen LogP contribution in [0, 0.1) is 5.82 Å². The lowest BCUT2D eigenvalue weighted by Crippen LogP contribution is -2.31. The number of hydrogen-bond acceptors (Lipinski definition) is 6. The molecule has 1 aliphatic heterocycles. The second-order valence-corrected chi connectivity index (χ2v) is 8.95. The van der Waals surface area contributed by atoms with Crippen molar-refractivity contribution in [3.05, 3.63) is 72.5 Å². The van der Waals surface area contributed by atoms with Crippen molar-refractivity contribution in [2.24, 2.45) is 0 Å². The van der Waals surface area contributed by atoms with E-state index in [-0.39, 0.29) is 16.7 Å². The fraction of sp³-hybridized carbons (Fsp3) is 0.190. The van der Waals surface area contributed by atoms with E-state index < -0.39 is 21.9 Å². The molecule has 0 unspecified atom stereocenters. The van der Waals surface area contributed by atoms with Crippen LogP contribution in [0.3, 0.4) is 0 Å². The van der Waals surface area contributed by atoms with Crippen molar-refractivity contribution < 1.29 is 17.2 Å². The molecule has 3 heterocycles. The Balaban J connectivity index is 1.51. The molecule has 0 aliphatic carbocycles. The number of fused-ring (bicyclic) bond motifs is 1. The van der Waals surface area contributed by atoms with Crippen LogP contribution in [-0.2, 0) is 10.0 Å². The van der Waals surface area contributed by atoms with Gasteiger partial charge in [-0.15, -0.1) is 10.2 Å². The van der Waals surface area contributed by atoms with Gasteiger partial charge >= 0.3 is 0 Å². The fourth-order valence-electron chi connectivity index (χ4n) is 3.79. The summed E-state index contributed by atoms with van der Waals surface area (Å²) in [5, 5.41) is 10.1. The number of pyridine rings is 1. The van der Waals surface area contributed by atoms with Gasteiger partial charge in [0.05, 0.1) is 4.90 Å². The average molecular weight is 424 g/mol. The minimum atomic E-state index is -3.90. The zero-order chi connectivity index (χ0) is 20.7. The zero-order valence-electron chi connectivity index (χ0n) is 15.8. The summed E-state index contributed by atoms with van der Waals surface area (Å²) in [5.41, 5.74) is 0.546. The molecule has 7 nitrogen and oxygen atoms in total. The molecular formula is C21H17FN4O3S. The summed E-state index contributed by atoms with van der Waals surface area (Å²) in [7, 11) is -3.90. The standard InChI is InChI=1S/C21H17FN4O3S/c22-15-6-3-7-16(13-15)30(27,28)26-12-4-9-18(26)20-24-25-21(29-20)19-17-8-2-1-5-14(17)10-11-23-19/h1-3,5-8,10-11,13,18H,4,9,12H2/t18-/m1/s1. The lowest BCUT2D eigenvalue weighted by molar-refractivity contribution is 0.332. The predicted molar refractivity (Wildman–Crippen MR) is 107 cm³/mol. The van der Waals surface area contributed by atoms with E-state index in [9.17, 15) is 12.8 Å². The number of halogens is 1. The third kappa shape index (κ3) is 3.16. The summed E-state index contributed by atoms with van der Waals surface area (Å²) in [4.78, 5) is 4.28. The summed E-state index contributed by atoms with van der Waals surface area (Å²) in [5.74, 6) is -0.164. The lowest BCUT2D eigenvalue weighted by Gasteiger charge is -2.21. The van der Waals surface area contributed by atoms with Gasteiger partial charge in [0.1, 0.15) is 17.6 Å². The van der Waals surface area contributed by atoms with Gasteiger partial charge in [0.2, 0.25) is 15.9 Å². The maximum absolute atomic E-state index is 13.6. The Hall–Kier alpha value is -3.17. The Kier molecular flexibility index (Phi) is 4.56. The van der Waals surface area contributed by atoms with E-state index in [0.29, 0.717) is 25.1 Å². The number of sulfonamides is 1. The summed E-state index contributed by atoms with van der Waals surface area (Å²) in [6.45, 7) is 0.299. The molecular weight excluding hydrogens is 407 g/mol. The van der Waals surface area contributed by atoms with Gasteiger partial charge in [-0.1, -0.05) is 30.3 Å². The molecule has 152 valence electrons. The Morgan fingerprint density at radius 3 is 2.80 bits per heavy atom. The first kappa shape index (κ1) is 18.8. The van der Waals surface area contributed by atoms with Crippen molar-refractivity contribution in [1.82, 2.24) is 19.5 Å². The first-order chi connectivity index (χ1) is 14.5. The molecule has 1 atom stereocenters. The highest BCUT2D eigenvalue weighted by atomic mass is 32.2. The van der Waals surface area contributed by atoms with Gasteiger partial charge in [0, 0.05) is 18.1 Å². The Bertz CT molecular complexity index is 1330. The molecule has 4 aromatic rings. The zero-order valence-corrected chi connectivity index (χ0v) is 16.6. The minimum Gasteiger partial charge on any atom is -0.417 e. The minimum absolute atomic E-state index is 0.0927. The van der Waals surface area contributed by atoms with Gasteiger partial charge in [-0.05, 0) is 42.5 Å². The van der Waals surface area contributed by atoms with Crippen LogP contribution in [0.25, 0.3) is 22.4 Å². The third-order valence-corrected chi connectivity index (χ3v) is 7.11. The SMILES string of the molecule is O=S(=O)(c1cccc(F)c1)N1CCC[C@@H]1c1nnc(-c2nccc3ccccc23)o1. The number of nitrogens with zero attached hydrogens (tertiary/aromatic N) is 4. The second-order valence-electron chi connectivity index (χ2n) is 7.06. The van der Waals surface area contributed by atoms with E-state index in [1.54, 1.807) is 6.20 Å². The normalized spacial score (nSPS) is 17.6. The second kappa shape index (κ2) is 7.26. The predicted octanol–water partition coefficient (Wildman–Crippen LogP) is 3.95. The molecule has 0 amide bonds. The van der Waals surface area contributed by atoms with Crippen LogP contribution in [0.5, 0.6) is 0 Å². The highest BCUT2D eigenvalue weighted by Gasteiger charge is 2.39. The topological polar surface area (TPSA) is 89.2 Å². The highest BCUT2D eigenvalue weighted by molar-refractivity contribution is 7.89. The fourth-order valence-corrected chi connectivity index (χ4v) is 5.48. The number of benzene rings is 2. The van der Waals surface area contributed by atoms with Crippen molar-refractivity contribution in [3.63, 3.8) is 0 Å². The van der Waals surface area contributed by atoms with Crippen molar-refractivity contribution in [2.75, 3.05) is 6.54 Å². The first-order valence-electron chi connectivity index (χ1n) is 9.49. The van der Waals surface area contributed by atoms with E-state index in [1.807, 2.05) is 30.3 Å². The Labute approximate surface area is 172 Å². The summed E-state index contributed by atoms with van der Waals surface area (Å²) in [6, 6.07) is 14.0. The van der Waals surface area contributed by atoms with Gasteiger partial charge < -0.3 is 4.42 Å². The van der Waals surface area contributed by atoms with E-state index in [4.69, 9.17) is 4.42 Å². The van der Waals surface area contributed by atoms with Gasteiger partial charge in [0.25, 0.3) is 5.89 Å². The van der Waals surface area contributed by atoms with Crippen LogP contribution in [0.2, 0.25) is 0 Å². The van der Waals surface area contributed by atoms with Crippen molar-refractivity contribution in [2.45, 2.75) is 23.8 Å². The average Bonchev–Trinajstić information content (AvgIpc) is 3.43. The van der Waals surface area contributed by atoms with Crippen LogP contribution in [-0.4, -0.2) is 34.4 Å². The summed E-state index contributed by atoms with van der Waals surface area (Å²) < 4.78 is 46.9. The van der Waals surface area contributed by atoms with Crippen molar-refractivity contribution in [3.8, 4) is 11.6 Å². The Morgan fingerprint density at radius 2 is 1.93 bits per heavy atom. The van der Waals surface area contributed by atoms with E-state index >= 15 is 0 Å². The van der Waals surface area contributed by atoms with E-state index in [2.05, 4.69) is 15.2 Å². The van der Waals surface area contributed by atoms with Crippen LogP contribution in [0.1, 0.15) is 24.8 Å². The quantitative estimate of drug-likeness (QED) is 0.493.